The van der Waals surface area contributed by atoms with Crippen molar-refractivity contribution in [2.75, 3.05) is 33.0 Å². The predicted octanol–water partition coefficient (Wildman–Crippen LogP) is 2.21. The van der Waals surface area contributed by atoms with Crippen LogP contribution in [0, 0.1) is 0 Å². The lowest BCUT2D eigenvalue weighted by Gasteiger charge is -2.13. The second-order valence-electron chi connectivity index (χ2n) is 3.87. The molecule has 0 aliphatic heterocycles. The fourth-order valence-corrected chi connectivity index (χ4v) is 1.22. The van der Waals surface area contributed by atoms with E-state index in [0.717, 1.165) is 45.8 Å². The average molecular weight is 217 g/mol. The van der Waals surface area contributed by atoms with E-state index in [1.54, 1.807) is 0 Å². The average Bonchev–Trinajstić information content (AvgIpc) is 2.25. The van der Waals surface area contributed by atoms with Crippen molar-refractivity contribution in [3.05, 3.63) is 0 Å². The molecule has 0 saturated carbocycles. The van der Waals surface area contributed by atoms with Crippen molar-refractivity contribution in [1.82, 2.24) is 5.32 Å². The molecule has 1 N–H and O–H groups in total. The molecular formula is C12H27NO2. The van der Waals surface area contributed by atoms with E-state index < -0.39 is 0 Å². The van der Waals surface area contributed by atoms with Crippen LogP contribution in [0.4, 0.5) is 0 Å². The molecule has 0 radical (unpaired) electrons. The summed E-state index contributed by atoms with van der Waals surface area (Å²) in [6, 6.07) is 0.557. The molecule has 0 aromatic carbocycles. The highest BCUT2D eigenvalue weighted by molar-refractivity contribution is 4.58. The van der Waals surface area contributed by atoms with Crippen molar-refractivity contribution in [3.8, 4) is 0 Å². The van der Waals surface area contributed by atoms with Crippen LogP contribution in [-0.2, 0) is 9.47 Å². The van der Waals surface area contributed by atoms with Gasteiger partial charge in [0.15, 0.2) is 0 Å². The third-order valence-corrected chi connectivity index (χ3v) is 2.16. The molecule has 0 aromatic rings. The highest BCUT2D eigenvalue weighted by Crippen LogP contribution is 1.92. The summed E-state index contributed by atoms with van der Waals surface area (Å²) in [5, 5.41) is 3.43. The summed E-state index contributed by atoms with van der Waals surface area (Å²) in [5.41, 5.74) is 0. The lowest BCUT2D eigenvalue weighted by molar-refractivity contribution is 0.0451. The van der Waals surface area contributed by atoms with Gasteiger partial charge in [0.1, 0.15) is 0 Å². The van der Waals surface area contributed by atoms with Crippen molar-refractivity contribution in [3.63, 3.8) is 0 Å². The minimum absolute atomic E-state index is 0.557. The Labute approximate surface area is 94.5 Å². The molecule has 0 amide bonds. The van der Waals surface area contributed by atoms with Crippen LogP contribution in [-0.4, -0.2) is 39.0 Å². The summed E-state index contributed by atoms with van der Waals surface area (Å²) in [6.07, 6.45) is 3.35. The molecule has 1 unspecified atom stereocenters. The van der Waals surface area contributed by atoms with Gasteiger partial charge in [-0.15, -0.1) is 0 Å². The van der Waals surface area contributed by atoms with Gasteiger partial charge in [0.05, 0.1) is 13.2 Å². The zero-order valence-corrected chi connectivity index (χ0v) is 10.6. The van der Waals surface area contributed by atoms with Crippen LogP contribution >= 0.6 is 0 Å². The van der Waals surface area contributed by atoms with Gasteiger partial charge < -0.3 is 14.8 Å². The largest absolute Gasteiger partial charge is 0.379 e. The van der Waals surface area contributed by atoms with Gasteiger partial charge in [-0.05, 0) is 32.7 Å². The lowest BCUT2D eigenvalue weighted by Crippen LogP contribution is -2.28. The Morgan fingerprint density at radius 3 is 2.20 bits per heavy atom. The van der Waals surface area contributed by atoms with E-state index in [1.165, 1.54) is 6.42 Å². The lowest BCUT2D eigenvalue weighted by atomic mass is 10.2. The number of ether oxygens (including phenoxy) is 2. The third-order valence-electron chi connectivity index (χ3n) is 2.16. The zero-order chi connectivity index (χ0) is 11.4. The van der Waals surface area contributed by atoms with Crippen LogP contribution < -0.4 is 5.32 Å². The molecule has 0 spiro atoms. The number of nitrogens with one attached hydrogen (secondary N) is 1. The van der Waals surface area contributed by atoms with E-state index in [-0.39, 0.29) is 0 Å². The first-order chi connectivity index (χ1) is 7.31. The molecule has 1 atom stereocenters. The first kappa shape index (κ1) is 14.9. The number of hydrogen-bond donors (Lipinski definition) is 1. The monoisotopic (exact) mass is 217 g/mol. The maximum absolute atomic E-state index is 5.47. The van der Waals surface area contributed by atoms with Crippen LogP contribution in [0.1, 0.15) is 40.0 Å². The van der Waals surface area contributed by atoms with Gasteiger partial charge in [0.2, 0.25) is 0 Å². The molecule has 0 aliphatic rings. The Kier molecular flexibility index (Phi) is 11.9. The fraction of sp³-hybridized carbons (Fsp3) is 1.00. The van der Waals surface area contributed by atoms with Gasteiger partial charge in [-0.25, -0.2) is 0 Å². The molecule has 0 aliphatic carbocycles. The SMILES string of the molecule is CCCNC(C)CCOCCOCCC. The van der Waals surface area contributed by atoms with Crippen LogP contribution in [0.5, 0.6) is 0 Å². The molecule has 0 bridgehead atoms. The molecule has 15 heavy (non-hydrogen) atoms. The summed E-state index contributed by atoms with van der Waals surface area (Å²) < 4.78 is 10.8. The normalized spacial score (nSPS) is 13.0. The van der Waals surface area contributed by atoms with E-state index in [4.69, 9.17) is 9.47 Å². The van der Waals surface area contributed by atoms with Gasteiger partial charge in [0.25, 0.3) is 0 Å². The minimum atomic E-state index is 0.557. The van der Waals surface area contributed by atoms with Crippen LogP contribution in [0.15, 0.2) is 0 Å². The molecule has 3 heteroatoms. The summed E-state index contributed by atoms with van der Waals surface area (Å²) in [6.45, 7) is 10.7. The zero-order valence-electron chi connectivity index (χ0n) is 10.6. The quantitative estimate of drug-likeness (QED) is 0.538. The Morgan fingerprint density at radius 2 is 1.60 bits per heavy atom. The first-order valence-electron chi connectivity index (χ1n) is 6.20. The summed E-state index contributed by atoms with van der Waals surface area (Å²) in [4.78, 5) is 0. The van der Waals surface area contributed by atoms with E-state index in [1.807, 2.05) is 0 Å². The maximum atomic E-state index is 5.47. The fourth-order valence-electron chi connectivity index (χ4n) is 1.22. The van der Waals surface area contributed by atoms with Crippen LogP contribution in [0.2, 0.25) is 0 Å². The molecule has 0 rings (SSSR count). The predicted molar refractivity (Wildman–Crippen MR) is 64.3 cm³/mol. The van der Waals surface area contributed by atoms with E-state index >= 15 is 0 Å². The van der Waals surface area contributed by atoms with Gasteiger partial charge in [-0.2, -0.15) is 0 Å². The van der Waals surface area contributed by atoms with Gasteiger partial charge in [-0.1, -0.05) is 13.8 Å². The Balaban J connectivity index is 3.02. The molecule has 92 valence electrons. The van der Waals surface area contributed by atoms with Crippen LogP contribution in [0.25, 0.3) is 0 Å². The van der Waals surface area contributed by atoms with Gasteiger partial charge >= 0.3 is 0 Å². The van der Waals surface area contributed by atoms with Gasteiger partial charge in [-0.3, -0.25) is 0 Å². The number of hydrogen-bond acceptors (Lipinski definition) is 3. The first-order valence-corrected chi connectivity index (χ1v) is 6.20. The Morgan fingerprint density at radius 1 is 0.933 bits per heavy atom. The molecule has 0 fully saturated rings. The Bertz CT molecular complexity index is 120. The van der Waals surface area contributed by atoms with Crippen molar-refractivity contribution >= 4 is 0 Å². The highest BCUT2D eigenvalue weighted by Gasteiger charge is 1.99. The summed E-state index contributed by atoms with van der Waals surface area (Å²) in [7, 11) is 0. The minimum Gasteiger partial charge on any atom is -0.379 e. The third kappa shape index (κ3) is 11.8. The standard InChI is InChI=1S/C12H27NO2/c1-4-7-13-12(3)6-9-15-11-10-14-8-5-2/h12-13H,4-11H2,1-3H3. The summed E-state index contributed by atoms with van der Waals surface area (Å²) in [5.74, 6) is 0. The molecule has 3 nitrogen and oxygen atoms in total. The highest BCUT2D eigenvalue weighted by atomic mass is 16.5. The van der Waals surface area contributed by atoms with Crippen molar-refractivity contribution in [1.29, 1.82) is 0 Å². The summed E-state index contributed by atoms with van der Waals surface area (Å²) >= 11 is 0. The van der Waals surface area contributed by atoms with Crippen molar-refractivity contribution in [2.24, 2.45) is 0 Å². The van der Waals surface area contributed by atoms with E-state index in [0.29, 0.717) is 6.04 Å². The van der Waals surface area contributed by atoms with E-state index in [9.17, 15) is 0 Å². The second-order valence-corrected chi connectivity index (χ2v) is 3.87. The molecule has 0 heterocycles. The number of rotatable bonds is 11. The smallest absolute Gasteiger partial charge is 0.0700 e. The molecule has 0 aromatic heterocycles. The molecule has 0 saturated heterocycles. The van der Waals surface area contributed by atoms with Crippen molar-refractivity contribution in [2.45, 2.75) is 46.1 Å². The molecular weight excluding hydrogens is 190 g/mol. The van der Waals surface area contributed by atoms with E-state index in [2.05, 4.69) is 26.1 Å². The topological polar surface area (TPSA) is 30.5 Å². The van der Waals surface area contributed by atoms with Crippen LogP contribution in [0.3, 0.4) is 0 Å². The van der Waals surface area contributed by atoms with Crippen molar-refractivity contribution < 1.29 is 9.47 Å². The van der Waals surface area contributed by atoms with Gasteiger partial charge in [0, 0.05) is 19.3 Å². The maximum Gasteiger partial charge on any atom is 0.0700 e. The Hall–Kier alpha value is -0.120. The second kappa shape index (κ2) is 12.0.